The van der Waals surface area contributed by atoms with Crippen molar-refractivity contribution in [3.63, 3.8) is 0 Å². The van der Waals surface area contributed by atoms with Gasteiger partial charge < -0.3 is 25.8 Å². The number of anilines is 1. The number of carbonyl (C=O) groups is 3. The van der Waals surface area contributed by atoms with Crippen molar-refractivity contribution in [3.8, 4) is 5.75 Å². The van der Waals surface area contributed by atoms with Gasteiger partial charge in [-0.15, -0.1) is 0 Å². The van der Waals surface area contributed by atoms with Crippen LogP contribution in [-0.4, -0.2) is 40.0 Å². The van der Waals surface area contributed by atoms with Crippen LogP contribution >= 0.6 is 23.2 Å². The minimum Gasteiger partial charge on any atom is -0.487 e. The Hall–Kier alpha value is -4.41. The fourth-order valence-corrected chi connectivity index (χ4v) is 4.52. The lowest BCUT2D eigenvalue weighted by Crippen LogP contribution is -2.44. The number of amides is 3. The quantitative estimate of drug-likeness (QED) is 0.274. The molecule has 2 aromatic heterocycles. The number of halogens is 2. The summed E-state index contributed by atoms with van der Waals surface area (Å²) in [6.07, 6.45) is 0. The number of pyridine rings is 2. The number of aromatic nitrogens is 2. The van der Waals surface area contributed by atoms with Crippen molar-refractivity contribution in [1.29, 1.82) is 0 Å². The SMILES string of the molecule is Cc1ccc2cccc(OCc3c(Cl)ccc(N(C)C(=O)C(NC(N)=O)c4cccc(C(=O)O)n4)c3Cl)c2n1. The van der Waals surface area contributed by atoms with E-state index in [1.54, 1.807) is 12.1 Å². The van der Waals surface area contributed by atoms with E-state index in [0.717, 1.165) is 11.1 Å². The third-order valence-electron chi connectivity index (χ3n) is 5.87. The van der Waals surface area contributed by atoms with E-state index in [-0.39, 0.29) is 28.7 Å². The number of nitrogens with two attached hydrogens (primary N) is 1. The summed E-state index contributed by atoms with van der Waals surface area (Å²) in [5, 5.41) is 13.0. The maximum Gasteiger partial charge on any atom is 0.354 e. The molecule has 39 heavy (non-hydrogen) atoms. The fourth-order valence-electron chi connectivity index (χ4n) is 3.91. The van der Waals surface area contributed by atoms with Gasteiger partial charge >= 0.3 is 12.0 Å². The predicted octanol–water partition coefficient (Wildman–Crippen LogP) is 4.89. The first-order chi connectivity index (χ1) is 18.6. The van der Waals surface area contributed by atoms with E-state index >= 15 is 0 Å². The van der Waals surface area contributed by atoms with Crippen molar-refractivity contribution in [2.24, 2.45) is 5.73 Å². The Balaban J connectivity index is 1.64. The number of ether oxygens (including phenoxy) is 1. The van der Waals surface area contributed by atoms with E-state index in [1.807, 2.05) is 31.2 Å². The number of hydrogen-bond donors (Lipinski definition) is 3. The highest BCUT2D eigenvalue weighted by Gasteiger charge is 2.29. The van der Waals surface area contributed by atoms with E-state index < -0.39 is 23.9 Å². The number of likely N-dealkylation sites (N-methyl/N-ethyl adjacent to an activating group) is 1. The van der Waals surface area contributed by atoms with E-state index in [2.05, 4.69) is 15.3 Å². The molecule has 0 aliphatic carbocycles. The smallest absolute Gasteiger partial charge is 0.354 e. The van der Waals surface area contributed by atoms with Gasteiger partial charge in [0.25, 0.3) is 5.91 Å². The second-order valence-corrected chi connectivity index (χ2v) is 9.31. The first-order valence-corrected chi connectivity index (χ1v) is 12.3. The van der Waals surface area contributed by atoms with Crippen LogP contribution in [0, 0.1) is 6.92 Å². The molecule has 2 aromatic carbocycles. The summed E-state index contributed by atoms with van der Waals surface area (Å²) in [4.78, 5) is 46.3. The van der Waals surface area contributed by atoms with Crippen molar-refractivity contribution >= 4 is 57.7 Å². The Morgan fingerprint density at radius 1 is 1.05 bits per heavy atom. The van der Waals surface area contributed by atoms with E-state index in [0.29, 0.717) is 21.9 Å². The van der Waals surface area contributed by atoms with Crippen LogP contribution in [0.2, 0.25) is 10.0 Å². The van der Waals surface area contributed by atoms with Crippen molar-refractivity contribution in [2.75, 3.05) is 11.9 Å². The summed E-state index contributed by atoms with van der Waals surface area (Å²) in [6, 6.07) is 14.2. The molecule has 0 radical (unpaired) electrons. The molecular formula is C27H23Cl2N5O5. The normalized spacial score (nSPS) is 11.6. The van der Waals surface area contributed by atoms with Gasteiger partial charge in [-0.2, -0.15) is 0 Å². The van der Waals surface area contributed by atoms with Gasteiger partial charge in [0.05, 0.1) is 16.4 Å². The zero-order valence-corrected chi connectivity index (χ0v) is 22.3. The number of carboxylic acid groups (broad SMARTS) is 1. The van der Waals surface area contributed by atoms with Crippen molar-refractivity contribution in [2.45, 2.75) is 19.6 Å². The lowest BCUT2D eigenvalue weighted by atomic mass is 10.1. The molecule has 0 spiro atoms. The summed E-state index contributed by atoms with van der Waals surface area (Å²) in [6.45, 7) is 1.86. The third kappa shape index (κ3) is 6.02. The zero-order chi connectivity index (χ0) is 28.3. The standard InChI is InChI=1S/C27H23Cl2N5O5/c1-14-9-10-15-5-3-8-21(23(15)31-14)39-13-16-17(28)11-12-20(22(16)29)34(2)25(35)24(33-27(30)38)18-6-4-7-19(32-18)26(36)37/h3-12,24H,13H2,1-2H3,(H,36,37)(H3,30,33,38). The molecule has 0 saturated heterocycles. The van der Waals surface area contributed by atoms with Crippen LogP contribution in [0.5, 0.6) is 5.75 Å². The highest BCUT2D eigenvalue weighted by Crippen LogP contribution is 2.36. The molecule has 4 rings (SSSR count). The second kappa shape index (κ2) is 11.5. The minimum absolute atomic E-state index is 0.0158. The average Bonchev–Trinajstić information content (AvgIpc) is 2.91. The molecular weight excluding hydrogens is 545 g/mol. The van der Waals surface area contributed by atoms with E-state index in [1.165, 1.54) is 36.2 Å². The Bertz CT molecular complexity index is 1600. The molecule has 0 aliphatic heterocycles. The molecule has 4 aromatic rings. The van der Waals surface area contributed by atoms with Crippen molar-refractivity contribution < 1.29 is 24.2 Å². The molecule has 10 nitrogen and oxygen atoms in total. The minimum atomic E-state index is -1.39. The lowest BCUT2D eigenvalue weighted by molar-refractivity contribution is -0.120. The fraction of sp³-hybridized carbons (Fsp3) is 0.148. The number of benzene rings is 2. The molecule has 12 heteroatoms. The highest BCUT2D eigenvalue weighted by atomic mass is 35.5. The summed E-state index contributed by atoms with van der Waals surface area (Å²) in [5.41, 5.74) is 7.18. The van der Waals surface area contributed by atoms with Crippen molar-refractivity contribution in [3.05, 3.63) is 93.4 Å². The number of nitrogens with zero attached hydrogens (tertiary/aromatic N) is 3. The Morgan fingerprint density at radius 3 is 2.51 bits per heavy atom. The average molecular weight is 568 g/mol. The Labute approximate surface area is 233 Å². The summed E-state index contributed by atoms with van der Waals surface area (Å²) < 4.78 is 6.05. The van der Waals surface area contributed by atoms with Gasteiger partial charge in [-0.05, 0) is 43.3 Å². The van der Waals surface area contributed by atoms with Gasteiger partial charge in [0.2, 0.25) is 0 Å². The number of carboxylic acids is 1. The highest BCUT2D eigenvalue weighted by molar-refractivity contribution is 6.38. The first kappa shape index (κ1) is 27.6. The Morgan fingerprint density at radius 2 is 1.79 bits per heavy atom. The lowest BCUT2D eigenvalue weighted by Gasteiger charge is -2.26. The number of carbonyl (C=O) groups excluding carboxylic acids is 2. The molecule has 0 bridgehead atoms. The van der Waals surface area contributed by atoms with Crippen LogP contribution in [0.4, 0.5) is 10.5 Å². The number of nitrogens with one attached hydrogen (secondary N) is 1. The van der Waals surface area contributed by atoms with Crippen LogP contribution in [-0.2, 0) is 11.4 Å². The van der Waals surface area contributed by atoms with Crippen LogP contribution in [0.15, 0.2) is 60.7 Å². The van der Waals surface area contributed by atoms with Crippen molar-refractivity contribution in [1.82, 2.24) is 15.3 Å². The number of para-hydroxylation sites is 1. The summed E-state index contributed by atoms with van der Waals surface area (Å²) >= 11 is 13.2. The Kier molecular flexibility index (Phi) is 8.18. The maximum absolute atomic E-state index is 13.5. The maximum atomic E-state index is 13.5. The number of rotatable bonds is 8. The van der Waals surface area contributed by atoms with Crippen LogP contribution in [0.3, 0.4) is 0 Å². The summed E-state index contributed by atoms with van der Waals surface area (Å²) in [7, 11) is 1.44. The van der Waals surface area contributed by atoms with Gasteiger partial charge in [0.1, 0.15) is 23.6 Å². The van der Waals surface area contributed by atoms with Crippen LogP contribution < -0.4 is 20.7 Å². The number of urea groups is 1. The molecule has 0 fully saturated rings. The number of primary amides is 1. The van der Waals surface area contributed by atoms with Crippen LogP contribution in [0.25, 0.3) is 10.9 Å². The summed E-state index contributed by atoms with van der Waals surface area (Å²) in [5.74, 6) is -1.43. The van der Waals surface area contributed by atoms with Gasteiger partial charge in [0.15, 0.2) is 6.04 Å². The predicted molar refractivity (Wildman–Crippen MR) is 147 cm³/mol. The van der Waals surface area contributed by atoms with E-state index in [4.69, 9.17) is 33.7 Å². The number of aromatic carboxylic acids is 1. The largest absolute Gasteiger partial charge is 0.487 e. The third-order valence-corrected chi connectivity index (χ3v) is 6.65. The molecule has 0 aliphatic rings. The topological polar surface area (TPSA) is 148 Å². The number of hydrogen-bond acceptors (Lipinski definition) is 6. The van der Waals surface area contributed by atoms with Crippen LogP contribution in [0.1, 0.15) is 33.5 Å². The van der Waals surface area contributed by atoms with E-state index in [9.17, 15) is 19.5 Å². The number of fused-ring (bicyclic) bond motifs is 1. The molecule has 1 unspecified atom stereocenters. The number of aryl methyl sites for hydroxylation is 1. The first-order valence-electron chi connectivity index (χ1n) is 11.6. The molecule has 2 heterocycles. The molecule has 4 N–H and O–H groups in total. The molecule has 3 amide bonds. The molecule has 200 valence electrons. The zero-order valence-electron chi connectivity index (χ0n) is 20.8. The molecule has 1 atom stereocenters. The second-order valence-electron chi connectivity index (χ2n) is 8.52. The van der Waals surface area contributed by atoms with Gasteiger partial charge in [-0.1, -0.05) is 47.5 Å². The van der Waals surface area contributed by atoms with Gasteiger partial charge in [-0.25, -0.2) is 19.6 Å². The van der Waals surface area contributed by atoms with Gasteiger partial charge in [0, 0.05) is 28.7 Å². The monoisotopic (exact) mass is 567 g/mol. The van der Waals surface area contributed by atoms with Gasteiger partial charge in [-0.3, -0.25) is 4.79 Å². The molecule has 0 saturated carbocycles.